The normalized spacial score (nSPS) is 28.3. The first-order valence-corrected chi connectivity index (χ1v) is 4.18. The predicted molar refractivity (Wildman–Crippen MR) is 46.9 cm³/mol. The Balaban J connectivity index is 2.23. The summed E-state index contributed by atoms with van der Waals surface area (Å²) in [6.07, 6.45) is 12.1. The van der Waals surface area contributed by atoms with E-state index >= 15 is 0 Å². The summed E-state index contributed by atoms with van der Waals surface area (Å²) in [4.78, 5) is 2.31. The third kappa shape index (κ3) is 1.23. The van der Waals surface area contributed by atoms with E-state index < -0.39 is 0 Å². The van der Waals surface area contributed by atoms with E-state index in [1.165, 1.54) is 18.7 Å². The van der Waals surface area contributed by atoms with Gasteiger partial charge in [0.1, 0.15) is 0 Å². The van der Waals surface area contributed by atoms with E-state index in [0.717, 1.165) is 5.92 Å². The van der Waals surface area contributed by atoms with Gasteiger partial charge in [-0.3, -0.25) is 0 Å². The topological polar surface area (TPSA) is 3.24 Å². The van der Waals surface area contributed by atoms with E-state index in [1.54, 1.807) is 0 Å². The van der Waals surface area contributed by atoms with Gasteiger partial charge < -0.3 is 4.90 Å². The van der Waals surface area contributed by atoms with Gasteiger partial charge in [-0.1, -0.05) is 19.1 Å². The van der Waals surface area contributed by atoms with Crippen molar-refractivity contribution >= 4 is 0 Å². The highest BCUT2D eigenvalue weighted by Crippen LogP contribution is 2.22. The average molecular weight is 147 g/mol. The van der Waals surface area contributed by atoms with Crippen LogP contribution < -0.4 is 0 Å². The Kier molecular flexibility index (Phi) is 1.57. The Hall–Kier alpha value is -0.980. The van der Waals surface area contributed by atoms with Crippen molar-refractivity contribution in [3.05, 3.63) is 36.2 Å². The Bertz CT molecular complexity index is 235. The molecule has 11 heavy (non-hydrogen) atoms. The van der Waals surface area contributed by atoms with Crippen molar-refractivity contribution in [3.63, 3.8) is 0 Å². The van der Waals surface area contributed by atoms with E-state index in [1.807, 2.05) is 0 Å². The van der Waals surface area contributed by atoms with Gasteiger partial charge in [0.2, 0.25) is 0 Å². The van der Waals surface area contributed by atoms with Crippen molar-refractivity contribution in [3.8, 4) is 0 Å². The number of hydrogen-bond acceptors (Lipinski definition) is 1. The van der Waals surface area contributed by atoms with E-state index in [-0.39, 0.29) is 0 Å². The first kappa shape index (κ1) is 6.71. The first-order valence-electron chi connectivity index (χ1n) is 4.18. The van der Waals surface area contributed by atoms with E-state index in [9.17, 15) is 0 Å². The molecule has 1 heteroatoms. The molecular weight excluding hydrogens is 134 g/mol. The van der Waals surface area contributed by atoms with Crippen molar-refractivity contribution in [2.45, 2.75) is 13.3 Å². The quantitative estimate of drug-likeness (QED) is 0.508. The fraction of sp³-hybridized carbons (Fsp3) is 0.400. The molecule has 0 radical (unpaired) electrons. The van der Waals surface area contributed by atoms with E-state index in [2.05, 4.69) is 42.3 Å². The Morgan fingerprint density at radius 1 is 1.45 bits per heavy atom. The summed E-state index contributed by atoms with van der Waals surface area (Å²) in [5, 5.41) is 0. The highest BCUT2D eigenvalue weighted by molar-refractivity contribution is 5.29. The minimum Gasteiger partial charge on any atom is -0.348 e. The number of nitrogens with zero attached hydrogens (tertiary/aromatic N) is 1. The number of fused-ring (bicyclic) bond motifs is 1. The van der Waals surface area contributed by atoms with Crippen molar-refractivity contribution < 1.29 is 0 Å². The number of hydrogen-bond donors (Lipinski definition) is 0. The molecule has 0 saturated carbocycles. The molecule has 1 nitrogen and oxygen atoms in total. The van der Waals surface area contributed by atoms with Gasteiger partial charge in [0, 0.05) is 18.4 Å². The lowest BCUT2D eigenvalue weighted by atomic mass is 10.0. The molecule has 0 spiro atoms. The molecule has 0 aromatic rings. The smallest absolute Gasteiger partial charge is 0.0365 e. The van der Waals surface area contributed by atoms with Crippen LogP contribution >= 0.6 is 0 Å². The lowest BCUT2D eigenvalue weighted by molar-refractivity contribution is 0.361. The van der Waals surface area contributed by atoms with Gasteiger partial charge in [0.25, 0.3) is 0 Å². The van der Waals surface area contributed by atoms with Gasteiger partial charge in [-0.05, 0) is 24.5 Å². The lowest BCUT2D eigenvalue weighted by Gasteiger charge is -2.30. The largest absolute Gasteiger partial charge is 0.348 e. The summed E-state index contributed by atoms with van der Waals surface area (Å²) in [6, 6.07) is 0. The van der Waals surface area contributed by atoms with Crippen molar-refractivity contribution in [1.29, 1.82) is 0 Å². The Morgan fingerprint density at radius 3 is 3.27 bits per heavy atom. The van der Waals surface area contributed by atoms with Crippen molar-refractivity contribution in [2.24, 2.45) is 5.92 Å². The third-order valence-electron chi connectivity index (χ3n) is 2.21. The van der Waals surface area contributed by atoms with Gasteiger partial charge >= 0.3 is 0 Å². The summed E-state index contributed by atoms with van der Waals surface area (Å²) in [5.41, 5.74) is 1.37. The molecule has 1 atom stereocenters. The molecule has 2 rings (SSSR count). The zero-order valence-corrected chi connectivity index (χ0v) is 6.83. The summed E-state index contributed by atoms with van der Waals surface area (Å²) in [6.45, 7) is 3.46. The average Bonchev–Trinajstić information content (AvgIpc) is 2.04. The minimum atomic E-state index is 0.801. The van der Waals surface area contributed by atoms with Crippen LogP contribution in [0.3, 0.4) is 0 Å². The fourth-order valence-corrected chi connectivity index (χ4v) is 1.57. The van der Waals surface area contributed by atoms with Crippen LogP contribution in [-0.4, -0.2) is 11.4 Å². The summed E-state index contributed by atoms with van der Waals surface area (Å²) < 4.78 is 0. The zero-order chi connectivity index (χ0) is 7.68. The molecule has 2 heterocycles. The van der Waals surface area contributed by atoms with Crippen LogP contribution in [0.15, 0.2) is 36.2 Å². The Labute approximate surface area is 67.7 Å². The molecule has 2 aliphatic rings. The van der Waals surface area contributed by atoms with Crippen LogP contribution in [0.1, 0.15) is 13.3 Å². The maximum absolute atomic E-state index is 2.31. The van der Waals surface area contributed by atoms with Gasteiger partial charge in [0.05, 0.1) is 0 Å². The Morgan fingerprint density at radius 2 is 2.36 bits per heavy atom. The van der Waals surface area contributed by atoms with Crippen LogP contribution in [-0.2, 0) is 0 Å². The highest BCUT2D eigenvalue weighted by Gasteiger charge is 2.14. The van der Waals surface area contributed by atoms with Crippen LogP contribution in [0, 0.1) is 5.92 Å². The molecule has 0 aromatic heterocycles. The second kappa shape index (κ2) is 2.57. The molecule has 0 fully saturated rings. The first-order chi connectivity index (χ1) is 5.36. The SMILES string of the molecule is CC1CC=C2C=CC=CN2C1. The second-order valence-electron chi connectivity index (χ2n) is 3.32. The van der Waals surface area contributed by atoms with Crippen LogP contribution in [0.5, 0.6) is 0 Å². The molecule has 0 aliphatic carbocycles. The lowest BCUT2D eigenvalue weighted by Crippen LogP contribution is -2.26. The monoisotopic (exact) mass is 147 g/mol. The van der Waals surface area contributed by atoms with Crippen LogP contribution in [0.25, 0.3) is 0 Å². The van der Waals surface area contributed by atoms with Crippen LogP contribution in [0.2, 0.25) is 0 Å². The van der Waals surface area contributed by atoms with Crippen molar-refractivity contribution in [1.82, 2.24) is 4.90 Å². The van der Waals surface area contributed by atoms with Gasteiger partial charge in [-0.2, -0.15) is 0 Å². The van der Waals surface area contributed by atoms with E-state index in [4.69, 9.17) is 0 Å². The maximum Gasteiger partial charge on any atom is 0.0365 e. The predicted octanol–water partition coefficient (Wildman–Crippen LogP) is 2.30. The maximum atomic E-state index is 2.31. The second-order valence-corrected chi connectivity index (χ2v) is 3.32. The summed E-state index contributed by atoms with van der Waals surface area (Å²) in [7, 11) is 0. The molecule has 58 valence electrons. The molecule has 0 amide bonds. The van der Waals surface area contributed by atoms with E-state index in [0.29, 0.717) is 0 Å². The zero-order valence-electron chi connectivity index (χ0n) is 6.83. The van der Waals surface area contributed by atoms with Gasteiger partial charge in [-0.15, -0.1) is 0 Å². The molecule has 0 bridgehead atoms. The summed E-state index contributed by atoms with van der Waals surface area (Å²) >= 11 is 0. The molecule has 2 aliphatic heterocycles. The molecule has 0 saturated heterocycles. The fourth-order valence-electron chi connectivity index (χ4n) is 1.57. The number of allylic oxidation sites excluding steroid dienone is 4. The van der Waals surface area contributed by atoms with Crippen LogP contribution in [0.4, 0.5) is 0 Å². The van der Waals surface area contributed by atoms with Gasteiger partial charge in [-0.25, -0.2) is 0 Å². The van der Waals surface area contributed by atoms with Crippen molar-refractivity contribution in [2.75, 3.05) is 6.54 Å². The van der Waals surface area contributed by atoms with Gasteiger partial charge in [0.15, 0.2) is 0 Å². The molecule has 0 N–H and O–H groups in total. The standard InChI is InChI=1S/C10H13N/c1-9-5-6-10-4-2-3-7-11(10)8-9/h2-4,6-7,9H,5,8H2,1H3. The third-order valence-corrected chi connectivity index (χ3v) is 2.21. The molecule has 0 aromatic carbocycles. The summed E-state index contributed by atoms with van der Waals surface area (Å²) in [5.74, 6) is 0.801. The minimum absolute atomic E-state index is 0.801. The molecule has 1 unspecified atom stereocenters. The highest BCUT2D eigenvalue weighted by atomic mass is 15.1. The molecular formula is C10H13N. The number of rotatable bonds is 0.